The van der Waals surface area contributed by atoms with Gasteiger partial charge in [-0.05, 0) is 42.3 Å². The molecule has 22 heavy (non-hydrogen) atoms. The van der Waals surface area contributed by atoms with Gasteiger partial charge in [0.25, 0.3) is 0 Å². The van der Waals surface area contributed by atoms with Crippen LogP contribution >= 0.6 is 22.7 Å². The molecule has 0 spiro atoms. The van der Waals surface area contributed by atoms with Crippen LogP contribution in [0.2, 0.25) is 0 Å². The molecular weight excluding hydrogens is 315 g/mol. The fraction of sp³-hybridized carbons (Fsp3) is 0.118. The van der Waals surface area contributed by atoms with Crippen LogP contribution < -0.4 is 3.98 Å². The van der Waals surface area contributed by atoms with Crippen LogP contribution in [0.15, 0.2) is 53.7 Å². The second-order valence-electron chi connectivity index (χ2n) is 5.05. The lowest BCUT2D eigenvalue weighted by Crippen LogP contribution is -1.94. The molecule has 110 valence electrons. The molecule has 0 aliphatic rings. The van der Waals surface area contributed by atoms with E-state index in [1.807, 2.05) is 12.3 Å². The highest BCUT2D eigenvalue weighted by Crippen LogP contribution is 2.21. The van der Waals surface area contributed by atoms with E-state index in [1.54, 1.807) is 22.7 Å². The minimum atomic E-state index is -0.210. The van der Waals surface area contributed by atoms with E-state index in [4.69, 9.17) is 4.99 Å². The minimum Gasteiger partial charge on any atom is -0.361 e. The van der Waals surface area contributed by atoms with Gasteiger partial charge in [-0.15, -0.1) is 22.7 Å². The third-order valence-corrected chi connectivity index (χ3v) is 5.98. The van der Waals surface area contributed by atoms with Crippen LogP contribution in [0.4, 0.5) is 4.39 Å². The van der Waals surface area contributed by atoms with Crippen molar-refractivity contribution in [3.8, 4) is 0 Å². The van der Waals surface area contributed by atoms with Gasteiger partial charge in [-0.25, -0.2) is 4.39 Å². The van der Waals surface area contributed by atoms with E-state index in [9.17, 15) is 4.39 Å². The van der Waals surface area contributed by atoms with Gasteiger partial charge in [0.2, 0.25) is 0 Å². The minimum absolute atomic E-state index is 0.210. The molecule has 2 aromatic heterocycles. The molecule has 2 heterocycles. The zero-order valence-corrected chi connectivity index (χ0v) is 13.3. The summed E-state index contributed by atoms with van der Waals surface area (Å²) >= 11 is 3.47. The summed E-state index contributed by atoms with van der Waals surface area (Å²) in [6.45, 7) is 0.744. The number of halogens is 1. The van der Waals surface area contributed by atoms with Gasteiger partial charge in [-0.3, -0.25) is 4.99 Å². The Labute approximate surface area is 134 Å². The highest BCUT2D eigenvalue weighted by Gasteiger charge is 2.04. The fourth-order valence-corrected chi connectivity index (χ4v) is 4.80. The lowest BCUT2D eigenvalue weighted by atomic mass is 10.1. The molecular formula is C17H13FN2S2. The van der Waals surface area contributed by atoms with Gasteiger partial charge in [0.05, 0.1) is 0 Å². The van der Waals surface area contributed by atoms with Gasteiger partial charge in [0.15, 0.2) is 3.98 Å². The Kier molecular flexibility index (Phi) is 3.52. The zero-order valence-electron chi connectivity index (χ0n) is 11.7. The Hall–Kier alpha value is -1.98. The average Bonchev–Trinajstić information content (AvgIpc) is 3.10. The van der Waals surface area contributed by atoms with Crippen LogP contribution in [-0.4, -0.2) is 11.5 Å². The molecule has 1 N–H and O–H groups in total. The van der Waals surface area contributed by atoms with Crippen molar-refractivity contribution in [2.24, 2.45) is 4.99 Å². The van der Waals surface area contributed by atoms with Gasteiger partial charge in [-0.1, -0.05) is 12.1 Å². The average molecular weight is 328 g/mol. The first kappa shape index (κ1) is 13.7. The molecule has 0 saturated heterocycles. The number of H-pyrrole nitrogens is 1. The third-order valence-electron chi connectivity index (χ3n) is 3.60. The Morgan fingerprint density at radius 2 is 1.82 bits per heavy atom. The second-order valence-corrected chi connectivity index (χ2v) is 7.37. The summed E-state index contributed by atoms with van der Waals surface area (Å²) in [4.78, 5) is 7.81. The summed E-state index contributed by atoms with van der Waals surface area (Å²) in [7, 11) is 0. The highest BCUT2D eigenvalue weighted by atomic mass is 32.2. The Morgan fingerprint density at radius 3 is 2.59 bits per heavy atom. The number of benzene rings is 2. The lowest BCUT2D eigenvalue weighted by molar-refractivity contribution is 0.629. The first-order valence-corrected chi connectivity index (χ1v) is 8.67. The zero-order chi connectivity index (χ0) is 14.9. The van der Waals surface area contributed by atoms with Crippen molar-refractivity contribution in [3.63, 3.8) is 0 Å². The number of nitrogens with one attached hydrogen (secondary N) is 1. The number of aromatic amines is 1. The first-order chi connectivity index (χ1) is 10.8. The predicted molar refractivity (Wildman–Crippen MR) is 92.1 cm³/mol. The highest BCUT2D eigenvalue weighted by molar-refractivity contribution is 7.35. The van der Waals surface area contributed by atoms with Crippen molar-refractivity contribution in [1.29, 1.82) is 0 Å². The molecule has 0 saturated carbocycles. The van der Waals surface area contributed by atoms with Crippen molar-refractivity contribution in [1.82, 2.24) is 4.98 Å². The Morgan fingerprint density at radius 1 is 1.05 bits per heavy atom. The lowest BCUT2D eigenvalue weighted by Gasteiger charge is -1.95. The van der Waals surface area contributed by atoms with Crippen LogP contribution in [0.3, 0.4) is 0 Å². The summed E-state index contributed by atoms with van der Waals surface area (Å²) < 4.78 is 16.9. The standard InChI is InChI=1S/C17H13FN2S2/c18-12-5-6-13-11(10-20-14(13)9-12)7-8-19-17-21-15-3-1-2-4-16(15)22-17/h1-6,9-10,20H,7-8H2. The second kappa shape index (κ2) is 5.66. The Balaban J connectivity index is 1.57. The smallest absolute Gasteiger partial charge is 0.167 e. The van der Waals surface area contributed by atoms with Crippen LogP contribution in [0.25, 0.3) is 20.3 Å². The van der Waals surface area contributed by atoms with Crippen molar-refractivity contribution in [2.45, 2.75) is 6.42 Å². The van der Waals surface area contributed by atoms with E-state index in [2.05, 4.69) is 29.2 Å². The van der Waals surface area contributed by atoms with Crippen LogP contribution in [0.1, 0.15) is 5.56 Å². The molecule has 0 fully saturated rings. The molecule has 5 heteroatoms. The summed E-state index contributed by atoms with van der Waals surface area (Å²) in [5.41, 5.74) is 2.03. The van der Waals surface area contributed by atoms with E-state index in [1.165, 1.54) is 27.1 Å². The number of hydrogen-bond acceptors (Lipinski definition) is 3. The number of nitrogens with zero attached hydrogens (tertiary/aromatic N) is 1. The molecule has 0 aliphatic carbocycles. The molecule has 0 aliphatic heterocycles. The number of fused-ring (bicyclic) bond motifs is 2. The van der Waals surface area contributed by atoms with Gasteiger partial charge >= 0.3 is 0 Å². The topological polar surface area (TPSA) is 28.1 Å². The maximum Gasteiger partial charge on any atom is 0.167 e. The van der Waals surface area contributed by atoms with Crippen molar-refractivity contribution in [2.75, 3.05) is 6.54 Å². The molecule has 0 bridgehead atoms. The van der Waals surface area contributed by atoms with Crippen LogP contribution in [-0.2, 0) is 6.42 Å². The molecule has 4 aromatic rings. The number of aromatic nitrogens is 1. The number of rotatable bonds is 3. The van der Waals surface area contributed by atoms with E-state index < -0.39 is 0 Å². The molecule has 2 nitrogen and oxygen atoms in total. The van der Waals surface area contributed by atoms with E-state index >= 15 is 0 Å². The maximum atomic E-state index is 13.2. The Bertz CT molecular complexity index is 974. The summed E-state index contributed by atoms with van der Waals surface area (Å²) in [5.74, 6) is -0.210. The summed E-state index contributed by atoms with van der Waals surface area (Å²) in [5, 5.41) is 1.08. The number of hydrogen-bond donors (Lipinski definition) is 1. The van der Waals surface area contributed by atoms with Gasteiger partial charge in [0, 0.05) is 33.0 Å². The van der Waals surface area contributed by atoms with Crippen LogP contribution in [0, 0.1) is 5.82 Å². The van der Waals surface area contributed by atoms with Gasteiger partial charge in [-0.2, -0.15) is 0 Å². The quantitative estimate of drug-likeness (QED) is 0.563. The molecule has 4 rings (SSSR count). The molecule has 0 amide bonds. The molecule has 2 aromatic carbocycles. The molecule has 0 atom stereocenters. The molecule has 0 radical (unpaired) electrons. The normalized spacial score (nSPS) is 11.3. The monoisotopic (exact) mass is 328 g/mol. The van der Waals surface area contributed by atoms with E-state index in [-0.39, 0.29) is 5.82 Å². The largest absolute Gasteiger partial charge is 0.361 e. The van der Waals surface area contributed by atoms with Gasteiger partial charge < -0.3 is 4.98 Å². The van der Waals surface area contributed by atoms with Crippen molar-refractivity contribution < 1.29 is 4.39 Å². The summed E-state index contributed by atoms with van der Waals surface area (Å²) in [6, 6.07) is 13.2. The van der Waals surface area contributed by atoms with Crippen molar-refractivity contribution >= 4 is 43.0 Å². The SMILES string of the molecule is Fc1ccc2c(CCN=c3sc4ccccc4s3)c[nH]c2c1. The predicted octanol–water partition coefficient (Wildman–Crippen LogP) is 4.73. The summed E-state index contributed by atoms with van der Waals surface area (Å²) in [6.07, 6.45) is 2.81. The van der Waals surface area contributed by atoms with Crippen LogP contribution in [0.5, 0.6) is 0 Å². The van der Waals surface area contributed by atoms with E-state index in [0.717, 1.165) is 27.9 Å². The molecule has 0 unspecified atom stereocenters. The third kappa shape index (κ3) is 2.58. The maximum absolute atomic E-state index is 13.2. The first-order valence-electron chi connectivity index (χ1n) is 7.04. The van der Waals surface area contributed by atoms with Gasteiger partial charge in [0.1, 0.15) is 5.82 Å². The van der Waals surface area contributed by atoms with Crippen molar-refractivity contribution in [3.05, 3.63) is 64.0 Å². The van der Waals surface area contributed by atoms with E-state index in [0.29, 0.717) is 0 Å². The fourth-order valence-electron chi connectivity index (χ4n) is 2.53.